The molecule has 3 heteroatoms. The van der Waals surface area contributed by atoms with Gasteiger partial charge in [-0.2, -0.15) is 0 Å². The van der Waals surface area contributed by atoms with Crippen molar-refractivity contribution in [3.8, 4) is 5.75 Å². The van der Waals surface area contributed by atoms with Crippen LogP contribution in [0, 0.1) is 0 Å². The number of benzene rings is 1. The van der Waals surface area contributed by atoms with Crippen LogP contribution in [0.4, 0.5) is 0 Å². The molecule has 3 nitrogen and oxygen atoms in total. The molecule has 1 fully saturated rings. The highest BCUT2D eigenvalue weighted by Gasteiger charge is 2.18. The summed E-state index contributed by atoms with van der Waals surface area (Å²) in [7, 11) is 1.72. The van der Waals surface area contributed by atoms with E-state index >= 15 is 0 Å². The van der Waals surface area contributed by atoms with E-state index in [1.807, 2.05) is 6.07 Å². The molecular formula is C17H28N2O. The van der Waals surface area contributed by atoms with Gasteiger partial charge in [0.15, 0.2) is 0 Å². The lowest BCUT2D eigenvalue weighted by Crippen LogP contribution is -2.33. The SMILES string of the molecule is COc1cccc(CNC2CCCN(C(C)C)CC2)c1. The molecule has 0 bridgehead atoms. The summed E-state index contributed by atoms with van der Waals surface area (Å²) in [6.45, 7) is 7.99. The summed E-state index contributed by atoms with van der Waals surface area (Å²) in [6, 6.07) is 9.65. The van der Waals surface area contributed by atoms with Gasteiger partial charge in [-0.1, -0.05) is 12.1 Å². The Balaban J connectivity index is 1.81. The molecule has 1 heterocycles. The number of ether oxygens (including phenoxy) is 1. The average Bonchev–Trinajstić information content (AvgIpc) is 2.71. The highest BCUT2D eigenvalue weighted by atomic mass is 16.5. The Morgan fingerprint density at radius 3 is 2.90 bits per heavy atom. The Kier molecular flexibility index (Phi) is 5.86. The van der Waals surface area contributed by atoms with E-state index in [1.165, 1.54) is 37.9 Å². The molecule has 0 aromatic heterocycles. The minimum atomic E-state index is 0.643. The lowest BCUT2D eigenvalue weighted by molar-refractivity contribution is 0.229. The Labute approximate surface area is 123 Å². The molecule has 2 rings (SSSR count). The smallest absolute Gasteiger partial charge is 0.119 e. The molecule has 112 valence electrons. The average molecular weight is 276 g/mol. The van der Waals surface area contributed by atoms with Gasteiger partial charge >= 0.3 is 0 Å². The van der Waals surface area contributed by atoms with Crippen LogP contribution in [0.2, 0.25) is 0 Å². The van der Waals surface area contributed by atoms with Gasteiger partial charge in [0.25, 0.3) is 0 Å². The first-order valence-electron chi connectivity index (χ1n) is 7.79. The van der Waals surface area contributed by atoms with Crippen molar-refractivity contribution >= 4 is 0 Å². The molecule has 0 aliphatic carbocycles. The zero-order valence-corrected chi connectivity index (χ0v) is 13.1. The second-order valence-electron chi connectivity index (χ2n) is 5.99. The van der Waals surface area contributed by atoms with Crippen molar-refractivity contribution in [2.24, 2.45) is 0 Å². The predicted molar refractivity (Wildman–Crippen MR) is 84.2 cm³/mol. The summed E-state index contributed by atoms with van der Waals surface area (Å²) in [6.07, 6.45) is 3.84. The first kappa shape index (κ1) is 15.3. The second-order valence-corrected chi connectivity index (χ2v) is 5.99. The molecule has 1 aromatic carbocycles. The largest absolute Gasteiger partial charge is 0.497 e. The summed E-state index contributed by atoms with van der Waals surface area (Å²) in [5.41, 5.74) is 1.30. The van der Waals surface area contributed by atoms with Gasteiger partial charge in [0, 0.05) is 18.6 Å². The molecule has 1 unspecified atom stereocenters. The first-order chi connectivity index (χ1) is 9.69. The van der Waals surface area contributed by atoms with Gasteiger partial charge in [0.05, 0.1) is 7.11 Å². The predicted octanol–water partition coefficient (Wildman–Crippen LogP) is 3.05. The van der Waals surface area contributed by atoms with E-state index < -0.39 is 0 Å². The molecule has 20 heavy (non-hydrogen) atoms. The molecule has 0 saturated carbocycles. The fourth-order valence-corrected chi connectivity index (χ4v) is 2.88. The van der Waals surface area contributed by atoms with E-state index in [9.17, 15) is 0 Å². The normalized spacial score (nSPS) is 20.9. The van der Waals surface area contributed by atoms with Crippen LogP contribution in [0.5, 0.6) is 5.75 Å². The number of hydrogen-bond donors (Lipinski definition) is 1. The van der Waals surface area contributed by atoms with Crippen LogP contribution in [0.15, 0.2) is 24.3 Å². The van der Waals surface area contributed by atoms with Crippen molar-refractivity contribution in [2.45, 2.75) is 51.7 Å². The molecule has 1 aliphatic heterocycles. The second kappa shape index (κ2) is 7.65. The van der Waals surface area contributed by atoms with Crippen LogP contribution in [0.1, 0.15) is 38.7 Å². The molecule has 0 radical (unpaired) electrons. The highest BCUT2D eigenvalue weighted by Crippen LogP contribution is 2.16. The highest BCUT2D eigenvalue weighted by molar-refractivity contribution is 5.28. The number of nitrogens with one attached hydrogen (secondary N) is 1. The molecule has 1 saturated heterocycles. The zero-order chi connectivity index (χ0) is 14.4. The van der Waals surface area contributed by atoms with Gasteiger partial charge in [0.2, 0.25) is 0 Å². The maximum Gasteiger partial charge on any atom is 0.119 e. The minimum Gasteiger partial charge on any atom is -0.497 e. The zero-order valence-electron chi connectivity index (χ0n) is 13.1. The van der Waals surface area contributed by atoms with E-state index in [0.717, 1.165) is 12.3 Å². The van der Waals surface area contributed by atoms with Crippen molar-refractivity contribution in [1.29, 1.82) is 0 Å². The lowest BCUT2D eigenvalue weighted by atomic mass is 10.1. The third kappa shape index (κ3) is 4.50. The summed E-state index contributed by atoms with van der Waals surface area (Å²) >= 11 is 0. The van der Waals surface area contributed by atoms with Gasteiger partial charge in [-0.05, 0) is 63.9 Å². The number of rotatable bonds is 5. The fourth-order valence-electron chi connectivity index (χ4n) is 2.88. The molecule has 1 atom stereocenters. The molecule has 1 aliphatic rings. The molecular weight excluding hydrogens is 248 g/mol. The van der Waals surface area contributed by atoms with Crippen molar-refractivity contribution in [3.63, 3.8) is 0 Å². The summed E-state index contributed by atoms with van der Waals surface area (Å²) < 4.78 is 5.27. The van der Waals surface area contributed by atoms with Crippen molar-refractivity contribution < 1.29 is 4.74 Å². The first-order valence-corrected chi connectivity index (χ1v) is 7.79. The Morgan fingerprint density at radius 1 is 1.30 bits per heavy atom. The van der Waals surface area contributed by atoms with Crippen molar-refractivity contribution in [3.05, 3.63) is 29.8 Å². The minimum absolute atomic E-state index is 0.643. The van der Waals surface area contributed by atoms with Crippen LogP contribution in [-0.4, -0.2) is 37.2 Å². The van der Waals surface area contributed by atoms with Gasteiger partial charge in [-0.3, -0.25) is 0 Å². The number of likely N-dealkylation sites (tertiary alicyclic amines) is 1. The van der Waals surface area contributed by atoms with E-state index in [-0.39, 0.29) is 0 Å². The monoisotopic (exact) mass is 276 g/mol. The topological polar surface area (TPSA) is 24.5 Å². The van der Waals surface area contributed by atoms with Crippen LogP contribution in [-0.2, 0) is 6.54 Å². The van der Waals surface area contributed by atoms with E-state index in [4.69, 9.17) is 4.74 Å². The Hall–Kier alpha value is -1.06. The molecule has 0 spiro atoms. The maximum atomic E-state index is 5.27. The van der Waals surface area contributed by atoms with Crippen LogP contribution in [0.3, 0.4) is 0 Å². The van der Waals surface area contributed by atoms with Gasteiger partial charge < -0.3 is 15.0 Å². The maximum absolute atomic E-state index is 5.27. The van der Waals surface area contributed by atoms with Gasteiger partial charge in [-0.15, -0.1) is 0 Å². The van der Waals surface area contributed by atoms with Crippen LogP contribution < -0.4 is 10.1 Å². The van der Waals surface area contributed by atoms with Crippen LogP contribution in [0.25, 0.3) is 0 Å². The van der Waals surface area contributed by atoms with Crippen molar-refractivity contribution in [1.82, 2.24) is 10.2 Å². The Morgan fingerprint density at radius 2 is 2.15 bits per heavy atom. The number of nitrogens with zero attached hydrogens (tertiary/aromatic N) is 1. The number of hydrogen-bond acceptors (Lipinski definition) is 3. The lowest BCUT2D eigenvalue weighted by Gasteiger charge is -2.24. The van der Waals surface area contributed by atoms with E-state index in [1.54, 1.807) is 7.11 Å². The fraction of sp³-hybridized carbons (Fsp3) is 0.647. The number of methoxy groups -OCH3 is 1. The van der Waals surface area contributed by atoms with Crippen LogP contribution >= 0.6 is 0 Å². The van der Waals surface area contributed by atoms with Gasteiger partial charge in [0.1, 0.15) is 5.75 Å². The van der Waals surface area contributed by atoms with E-state index in [2.05, 4.69) is 42.3 Å². The van der Waals surface area contributed by atoms with Gasteiger partial charge in [-0.25, -0.2) is 0 Å². The summed E-state index contributed by atoms with van der Waals surface area (Å²) in [5, 5.41) is 3.71. The molecule has 0 amide bonds. The quantitative estimate of drug-likeness (QED) is 0.894. The van der Waals surface area contributed by atoms with Crippen molar-refractivity contribution in [2.75, 3.05) is 20.2 Å². The third-order valence-electron chi connectivity index (χ3n) is 4.22. The molecule has 1 N–H and O–H groups in total. The standard InChI is InChI=1S/C17H28N2O/c1-14(2)19-10-5-7-16(9-11-19)18-13-15-6-4-8-17(12-15)20-3/h4,6,8,12,14,16,18H,5,7,9-11,13H2,1-3H3. The van der Waals surface area contributed by atoms with E-state index in [0.29, 0.717) is 12.1 Å². The summed E-state index contributed by atoms with van der Waals surface area (Å²) in [4.78, 5) is 2.59. The third-order valence-corrected chi connectivity index (χ3v) is 4.22. The summed E-state index contributed by atoms with van der Waals surface area (Å²) in [5.74, 6) is 0.941. The molecule has 1 aromatic rings. The Bertz CT molecular complexity index is 406.